The highest BCUT2D eigenvalue weighted by Crippen LogP contribution is 2.51. The Balaban J connectivity index is 1.24. The molecule has 0 radical (unpaired) electrons. The number of hydrogen-bond acceptors (Lipinski definition) is 2. The molecule has 0 aliphatic rings. The van der Waals surface area contributed by atoms with Crippen LogP contribution in [-0.4, -0.2) is 14.2 Å². The monoisotopic (exact) mass is 868 g/mol. The third-order valence-electron chi connectivity index (χ3n) is 14.1. The van der Waals surface area contributed by atoms with Crippen LogP contribution in [0.2, 0.25) is 0 Å². The van der Waals surface area contributed by atoms with Gasteiger partial charge in [-0.2, -0.15) is 0 Å². The molecule has 2 heteroatoms. The molecule has 13 aromatic rings. The van der Waals surface area contributed by atoms with E-state index in [0.29, 0.717) is 0 Å². The number of benzene rings is 13. The van der Waals surface area contributed by atoms with Crippen LogP contribution >= 0.6 is 0 Å². The predicted octanol–water partition coefficient (Wildman–Crippen LogP) is 18.1. The Bertz CT molecular complexity index is 4150. The first kappa shape index (κ1) is 39.6. The zero-order valence-corrected chi connectivity index (χ0v) is 37.8. The summed E-state index contributed by atoms with van der Waals surface area (Å²) in [5.41, 5.74) is 12.0. The molecule has 320 valence electrons. The van der Waals surface area contributed by atoms with E-state index in [1.54, 1.807) is 14.2 Å². The Kier molecular flexibility index (Phi) is 9.33. The van der Waals surface area contributed by atoms with Crippen molar-refractivity contribution in [2.24, 2.45) is 0 Å². The summed E-state index contributed by atoms with van der Waals surface area (Å²) in [7, 11) is 3.46. The lowest BCUT2D eigenvalue weighted by Crippen LogP contribution is -1.95. The molecule has 0 unspecified atom stereocenters. The van der Waals surface area contributed by atoms with Crippen molar-refractivity contribution in [2.75, 3.05) is 14.2 Å². The summed E-state index contributed by atoms with van der Waals surface area (Å²) in [6.07, 6.45) is 0. The van der Waals surface area contributed by atoms with Crippen LogP contribution in [0.15, 0.2) is 231 Å². The minimum Gasteiger partial charge on any atom is -0.497 e. The van der Waals surface area contributed by atoms with E-state index in [0.717, 1.165) is 38.6 Å². The van der Waals surface area contributed by atoms with Gasteiger partial charge in [0.2, 0.25) is 0 Å². The molecule has 13 rings (SSSR count). The number of hydrogen-bond donors (Lipinski definition) is 0. The minimum atomic E-state index is 0.848. The van der Waals surface area contributed by atoms with Crippen molar-refractivity contribution in [1.82, 2.24) is 0 Å². The first-order valence-corrected chi connectivity index (χ1v) is 23.3. The summed E-state index contributed by atoms with van der Waals surface area (Å²) in [4.78, 5) is 0. The van der Waals surface area contributed by atoms with Crippen molar-refractivity contribution in [3.8, 4) is 67.1 Å². The molecule has 2 nitrogen and oxygen atoms in total. The van der Waals surface area contributed by atoms with Gasteiger partial charge in [0.15, 0.2) is 0 Å². The Morgan fingerprint density at radius 3 is 1.24 bits per heavy atom. The second-order valence-corrected chi connectivity index (χ2v) is 17.9. The van der Waals surface area contributed by atoms with Crippen LogP contribution < -0.4 is 9.47 Å². The summed E-state index contributed by atoms with van der Waals surface area (Å²) >= 11 is 0. The first-order chi connectivity index (χ1) is 33.6. The maximum atomic E-state index is 5.68. The van der Waals surface area contributed by atoms with Gasteiger partial charge in [0.05, 0.1) is 14.2 Å². The van der Waals surface area contributed by atoms with Crippen LogP contribution in [0, 0.1) is 0 Å². The molecule has 0 spiro atoms. The number of ether oxygens (including phenoxy) is 2. The van der Waals surface area contributed by atoms with E-state index in [4.69, 9.17) is 9.47 Å². The smallest absolute Gasteiger partial charge is 0.119 e. The van der Waals surface area contributed by atoms with Crippen molar-refractivity contribution < 1.29 is 9.47 Å². The fourth-order valence-corrected chi connectivity index (χ4v) is 10.9. The highest BCUT2D eigenvalue weighted by atomic mass is 16.5. The summed E-state index contributed by atoms with van der Waals surface area (Å²) in [6, 6.07) is 85.1. The molecule has 0 aromatic heterocycles. The standard InChI is InChI=1S/C66H44O2/c1-67-53-30-27-45-34-50(25-22-47(45)36-53)63-57-32-29-49(41-13-5-3-6-14-41)38-59(57)64(51-26-23-48-37-54(68-2)31-28-46(48)35-51)62-40-60-58(39-61(62)63)55-19-11-12-20-56(55)66(65(60)43-16-7-4-8-17-43)52-24-21-42-15-9-10-18-44(42)33-52/h3-40H,1-2H3. The van der Waals surface area contributed by atoms with Crippen molar-refractivity contribution >= 4 is 75.4 Å². The van der Waals surface area contributed by atoms with Crippen molar-refractivity contribution in [3.05, 3.63) is 231 Å². The second kappa shape index (κ2) is 16.0. The fourth-order valence-electron chi connectivity index (χ4n) is 10.9. The Labute approximate surface area is 394 Å². The van der Waals surface area contributed by atoms with E-state index in [1.165, 1.54) is 104 Å². The van der Waals surface area contributed by atoms with E-state index in [9.17, 15) is 0 Å². The highest BCUT2D eigenvalue weighted by molar-refractivity contribution is 6.30. The van der Waals surface area contributed by atoms with Gasteiger partial charge in [0, 0.05) is 0 Å². The van der Waals surface area contributed by atoms with Gasteiger partial charge in [-0.15, -0.1) is 0 Å². The average molecular weight is 869 g/mol. The van der Waals surface area contributed by atoms with Crippen LogP contribution in [0.25, 0.3) is 131 Å². The number of fused-ring (bicyclic) bond motifs is 8. The molecule has 0 aliphatic heterocycles. The molecule has 13 aromatic carbocycles. The molecule has 0 fully saturated rings. The van der Waals surface area contributed by atoms with Gasteiger partial charge in [-0.3, -0.25) is 0 Å². The van der Waals surface area contributed by atoms with E-state index < -0.39 is 0 Å². The van der Waals surface area contributed by atoms with Gasteiger partial charge in [-0.1, -0.05) is 170 Å². The normalized spacial score (nSPS) is 11.7. The third-order valence-corrected chi connectivity index (χ3v) is 14.1. The lowest BCUT2D eigenvalue weighted by molar-refractivity contribution is 0.415. The molecule has 68 heavy (non-hydrogen) atoms. The maximum absolute atomic E-state index is 5.68. The van der Waals surface area contributed by atoms with Gasteiger partial charge >= 0.3 is 0 Å². The maximum Gasteiger partial charge on any atom is 0.119 e. The van der Waals surface area contributed by atoms with Crippen LogP contribution in [0.4, 0.5) is 0 Å². The van der Waals surface area contributed by atoms with Crippen molar-refractivity contribution in [1.29, 1.82) is 0 Å². The number of rotatable bonds is 7. The second-order valence-electron chi connectivity index (χ2n) is 17.9. The van der Waals surface area contributed by atoms with Crippen molar-refractivity contribution in [3.63, 3.8) is 0 Å². The molecule has 0 saturated carbocycles. The molecule has 0 heterocycles. The molecule has 0 amide bonds. The average Bonchev–Trinajstić information content (AvgIpc) is 3.41. The van der Waals surface area contributed by atoms with Crippen LogP contribution in [0.3, 0.4) is 0 Å². The quantitative estimate of drug-likeness (QED) is 0.117. The summed E-state index contributed by atoms with van der Waals surface area (Å²) in [6.45, 7) is 0. The highest BCUT2D eigenvalue weighted by Gasteiger charge is 2.24. The SMILES string of the molecule is COc1ccc2cc(-c3c4cc(-c5ccccc5)ccc4c(-c4ccc5cc(OC)ccc5c4)c4cc5c(cc34)c(-c3ccccc3)c(-c3ccc4ccccc4c3)c3ccccc35)ccc2c1. The largest absolute Gasteiger partial charge is 0.497 e. The lowest BCUT2D eigenvalue weighted by atomic mass is 9.80. The van der Waals surface area contributed by atoms with E-state index >= 15 is 0 Å². The summed E-state index contributed by atoms with van der Waals surface area (Å²) in [5.74, 6) is 1.70. The van der Waals surface area contributed by atoms with E-state index in [-0.39, 0.29) is 0 Å². The molecule has 0 aliphatic carbocycles. The van der Waals surface area contributed by atoms with Crippen LogP contribution in [0.1, 0.15) is 0 Å². The zero-order chi connectivity index (χ0) is 45.3. The first-order valence-electron chi connectivity index (χ1n) is 23.3. The van der Waals surface area contributed by atoms with Gasteiger partial charge in [-0.05, 0) is 192 Å². The van der Waals surface area contributed by atoms with Crippen molar-refractivity contribution in [2.45, 2.75) is 0 Å². The molecule has 0 atom stereocenters. The molecular formula is C66H44O2. The molecule has 0 bridgehead atoms. The summed E-state index contributed by atoms with van der Waals surface area (Å²) < 4.78 is 11.3. The Hall–Kier alpha value is -8.72. The summed E-state index contributed by atoms with van der Waals surface area (Å²) in [5, 5.41) is 16.8. The lowest BCUT2D eigenvalue weighted by Gasteiger charge is -2.23. The van der Waals surface area contributed by atoms with Crippen LogP contribution in [-0.2, 0) is 0 Å². The fraction of sp³-hybridized carbons (Fsp3) is 0.0303. The Morgan fingerprint density at radius 2 is 0.603 bits per heavy atom. The Morgan fingerprint density at radius 1 is 0.206 bits per heavy atom. The topological polar surface area (TPSA) is 18.5 Å². The van der Waals surface area contributed by atoms with Gasteiger partial charge in [0.1, 0.15) is 11.5 Å². The predicted molar refractivity (Wildman–Crippen MR) is 289 cm³/mol. The molecule has 0 N–H and O–H groups in total. The minimum absolute atomic E-state index is 0.848. The third kappa shape index (κ3) is 6.48. The van der Waals surface area contributed by atoms with Gasteiger partial charge < -0.3 is 9.47 Å². The molecule has 0 saturated heterocycles. The van der Waals surface area contributed by atoms with Gasteiger partial charge in [0.25, 0.3) is 0 Å². The zero-order valence-electron chi connectivity index (χ0n) is 37.8. The van der Waals surface area contributed by atoms with E-state index in [1.807, 2.05) is 0 Å². The number of methoxy groups -OCH3 is 2. The van der Waals surface area contributed by atoms with Gasteiger partial charge in [-0.25, -0.2) is 0 Å². The van der Waals surface area contributed by atoms with E-state index in [2.05, 4.69) is 231 Å². The molecular weight excluding hydrogens is 825 g/mol. The van der Waals surface area contributed by atoms with Crippen LogP contribution in [0.5, 0.6) is 11.5 Å².